The van der Waals surface area contributed by atoms with Crippen LogP contribution in [0.15, 0.2) is 30.3 Å². The number of benzene rings is 1. The van der Waals surface area contributed by atoms with Gasteiger partial charge in [-0.25, -0.2) is 4.98 Å². The van der Waals surface area contributed by atoms with E-state index in [0.29, 0.717) is 5.69 Å². The first-order valence-corrected chi connectivity index (χ1v) is 7.60. The molecular formula is C17H23N3O. The molecule has 1 heterocycles. The number of hydrogen-bond donors (Lipinski definition) is 2. The Labute approximate surface area is 126 Å². The largest absolute Gasteiger partial charge is 0.385 e. The van der Waals surface area contributed by atoms with Gasteiger partial charge in [-0.2, -0.15) is 0 Å². The van der Waals surface area contributed by atoms with Crippen LogP contribution < -0.4 is 10.6 Å². The lowest BCUT2D eigenvalue weighted by molar-refractivity contribution is 0.0933. The minimum atomic E-state index is -0.110. The van der Waals surface area contributed by atoms with Crippen LogP contribution in [0.3, 0.4) is 0 Å². The molecule has 0 saturated carbocycles. The molecule has 0 aliphatic heterocycles. The Morgan fingerprint density at radius 3 is 2.76 bits per heavy atom. The van der Waals surface area contributed by atoms with Gasteiger partial charge in [0.15, 0.2) is 0 Å². The number of pyridine rings is 1. The van der Waals surface area contributed by atoms with Crippen LogP contribution in [0, 0.1) is 0 Å². The van der Waals surface area contributed by atoms with Crippen molar-refractivity contribution in [3.05, 3.63) is 36.0 Å². The molecule has 21 heavy (non-hydrogen) atoms. The molecule has 2 rings (SSSR count). The highest BCUT2D eigenvalue weighted by molar-refractivity contribution is 5.99. The molecule has 0 bridgehead atoms. The van der Waals surface area contributed by atoms with Crippen molar-refractivity contribution in [2.45, 2.75) is 39.7 Å². The van der Waals surface area contributed by atoms with Gasteiger partial charge in [-0.3, -0.25) is 4.79 Å². The summed E-state index contributed by atoms with van der Waals surface area (Å²) < 4.78 is 0. The Morgan fingerprint density at radius 1 is 1.29 bits per heavy atom. The normalized spacial score (nSPS) is 12.1. The fourth-order valence-electron chi connectivity index (χ4n) is 2.43. The van der Waals surface area contributed by atoms with E-state index in [1.165, 1.54) is 0 Å². The van der Waals surface area contributed by atoms with Crippen LogP contribution in [0.1, 0.15) is 44.1 Å². The number of nitrogens with one attached hydrogen (secondary N) is 2. The summed E-state index contributed by atoms with van der Waals surface area (Å²) in [5.41, 5.74) is 2.26. The first-order chi connectivity index (χ1) is 10.2. The number of aromatic nitrogens is 1. The topological polar surface area (TPSA) is 54.0 Å². The van der Waals surface area contributed by atoms with E-state index in [0.717, 1.165) is 36.0 Å². The molecule has 0 radical (unpaired) electrons. The van der Waals surface area contributed by atoms with E-state index in [2.05, 4.69) is 22.5 Å². The van der Waals surface area contributed by atoms with Crippen LogP contribution in [0.4, 0.5) is 5.69 Å². The molecular weight excluding hydrogens is 262 g/mol. The fourth-order valence-corrected chi connectivity index (χ4v) is 2.43. The van der Waals surface area contributed by atoms with Crippen molar-refractivity contribution >= 4 is 22.5 Å². The monoisotopic (exact) mass is 285 g/mol. The van der Waals surface area contributed by atoms with Gasteiger partial charge in [0.05, 0.1) is 5.52 Å². The summed E-state index contributed by atoms with van der Waals surface area (Å²) in [6.45, 7) is 6.98. The Kier molecular flexibility index (Phi) is 5.14. The van der Waals surface area contributed by atoms with Gasteiger partial charge in [0.25, 0.3) is 5.91 Å². The van der Waals surface area contributed by atoms with Gasteiger partial charge in [0.2, 0.25) is 0 Å². The highest BCUT2D eigenvalue weighted by atomic mass is 16.1. The summed E-state index contributed by atoms with van der Waals surface area (Å²) in [6.07, 6.45) is 2.02. The molecule has 0 saturated heterocycles. The van der Waals surface area contributed by atoms with Crippen molar-refractivity contribution in [1.29, 1.82) is 0 Å². The van der Waals surface area contributed by atoms with Gasteiger partial charge in [0.1, 0.15) is 5.69 Å². The van der Waals surface area contributed by atoms with E-state index in [1.807, 2.05) is 44.2 Å². The maximum Gasteiger partial charge on any atom is 0.270 e. The summed E-state index contributed by atoms with van der Waals surface area (Å²) in [7, 11) is 0. The molecule has 1 unspecified atom stereocenters. The van der Waals surface area contributed by atoms with Gasteiger partial charge in [-0.05, 0) is 32.4 Å². The van der Waals surface area contributed by atoms with Crippen LogP contribution in [0.25, 0.3) is 10.9 Å². The quantitative estimate of drug-likeness (QED) is 0.853. The number of carbonyl (C=O) groups excluding carboxylic acids is 1. The van der Waals surface area contributed by atoms with Crippen molar-refractivity contribution in [3.8, 4) is 0 Å². The Bertz CT molecular complexity index is 624. The first kappa shape index (κ1) is 15.3. The molecule has 0 aliphatic carbocycles. The number of fused-ring (bicyclic) bond motifs is 1. The number of rotatable bonds is 6. The minimum Gasteiger partial charge on any atom is -0.385 e. The molecule has 2 N–H and O–H groups in total. The third-order valence-electron chi connectivity index (χ3n) is 3.42. The van der Waals surface area contributed by atoms with E-state index in [1.54, 1.807) is 0 Å². The molecule has 0 fully saturated rings. The zero-order chi connectivity index (χ0) is 15.2. The minimum absolute atomic E-state index is 0.110. The molecule has 1 atom stereocenters. The first-order valence-electron chi connectivity index (χ1n) is 7.60. The van der Waals surface area contributed by atoms with E-state index in [-0.39, 0.29) is 11.9 Å². The van der Waals surface area contributed by atoms with E-state index < -0.39 is 0 Å². The van der Waals surface area contributed by atoms with Crippen LogP contribution in [-0.4, -0.2) is 23.5 Å². The second-order valence-electron chi connectivity index (χ2n) is 5.27. The molecule has 1 amide bonds. The SMILES string of the molecule is CCCC(C)NC(=O)c1cc(NCC)c2ccccc2n1. The van der Waals surface area contributed by atoms with Crippen molar-refractivity contribution < 1.29 is 4.79 Å². The van der Waals surface area contributed by atoms with Gasteiger partial charge in [-0.1, -0.05) is 31.5 Å². The van der Waals surface area contributed by atoms with Crippen LogP contribution in [0.2, 0.25) is 0 Å². The predicted octanol–water partition coefficient (Wildman–Crippen LogP) is 3.59. The van der Waals surface area contributed by atoms with Gasteiger partial charge in [0, 0.05) is 23.7 Å². The Hall–Kier alpha value is -2.10. The van der Waals surface area contributed by atoms with Gasteiger partial charge in [-0.15, -0.1) is 0 Å². The summed E-state index contributed by atoms with van der Waals surface area (Å²) in [6, 6.07) is 9.86. The van der Waals surface area contributed by atoms with Crippen molar-refractivity contribution in [2.24, 2.45) is 0 Å². The number of amides is 1. The summed E-state index contributed by atoms with van der Waals surface area (Å²) >= 11 is 0. The zero-order valence-corrected chi connectivity index (χ0v) is 12.9. The van der Waals surface area contributed by atoms with Crippen LogP contribution >= 0.6 is 0 Å². The maximum atomic E-state index is 12.3. The molecule has 0 aliphatic rings. The zero-order valence-electron chi connectivity index (χ0n) is 12.9. The lowest BCUT2D eigenvalue weighted by Gasteiger charge is -2.14. The second kappa shape index (κ2) is 7.07. The van der Waals surface area contributed by atoms with E-state index in [4.69, 9.17) is 0 Å². The highest BCUT2D eigenvalue weighted by Gasteiger charge is 2.13. The number of anilines is 1. The van der Waals surface area contributed by atoms with Crippen molar-refractivity contribution in [3.63, 3.8) is 0 Å². The molecule has 0 spiro atoms. The molecule has 1 aromatic carbocycles. The van der Waals surface area contributed by atoms with Crippen molar-refractivity contribution in [1.82, 2.24) is 10.3 Å². The standard InChI is InChI=1S/C17H23N3O/c1-4-8-12(3)19-17(21)16-11-15(18-5-2)13-9-6-7-10-14(13)20-16/h6-7,9-12H,4-5,8H2,1-3H3,(H,18,20)(H,19,21). The smallest absolute Gasteiger partial charge is 0.270 e. The molecule has 2 aromatic rings. The summed E-state index contributed by atoms with van der Waals surface area (Å²) in [5.74, 6) is -0.110. The van der Waals surface area contributed by atoms with E-state index in [9.17, 15) is 4.79 Å². The number of carbonyl (C=O) groups is 1. The fraction of sp³-hybridized carbons (Fsp3) is 0.412. The van der Waals surface area contributed by atoms with Crippen molar-refractivity contribution in [2.75, 3.05) is 11.9 Å². The summed E-state index contributed by atoms with van der Waals surface area (Å²) in [5, 5.41) is 7.35. The predicted molar refractivity (Wildman–Crippen MR) is 87.7 cm³/mol. The molecule has 1 aromatic heterocycles. The third kappa shape index (κ3) is 3.72. The Morgan fingerprint density at radius 2 is 2.05 bits per heavy atom. The lowest BCUT2D eigenvalue weighted by atomic mass is 10.1. The summed E-state index contributed by atoms with van der Waals surface area (Å²) in [4.78, 5) is 16.8. The van der Waals surface area contributed by atoms with Gasteiger partial charge >= 0.3 is 0 Å². The maximum absolute atomic E-state index is 12.3. The molecule has 4 heteroatoms. The third-order valence-corrected chi connectivity index (χ3v) is 3.42. The van der Waals surface area contributed by atoms with Gasteiger partial charge < -0.3 is 10.6 Å². The number of para-hydroxylation sites is 1. The number of hydrogen-bond acceptors (Lipinski definition) is 3. The van der Waals surface area contributed by atoms with Crippen LogP contribution in [0.5, 0.6) is 0 Å². The lowest BCUT2D eigenvalue weighted by Crippen LogP contribution is -2.33. The second-order valence-corrected chi connectivity index (χ2v) is 5.27. The average Bonchev–Trinajstić information content (AvgIpc) is 2.47. The molecule has 112 valence electrons. The average molecular weight is 285 g/mol. The number of nitrogens with zero attached hydrogens (tertiary/aromatic N) is 1. The highest BCUT2D eigenvalue weighted by Crippen LogP contribution is 2.23. The van der Waals surface area contributed by atoms with Crippen LogP contribution in [-0.2, 0) is 0 Å². The molecule has 4 nitrogen and oxygen atoms in total. The van der Waals surface area contributed by atoms with E-state index >= 15 is 0 Å². The Balaban J connectivity index is 2.33.